The smallest absolute Gasteiger partial charge is 0.254 e. The van der Waals surface area contributed by atoms with Gasteiger partial charge in [0.25, 0.3) is 5.91 Å². The number of nitrogens with one attached hydrogen (secondary N) is 1. The molecule has 1 aliphatic rings. The summed E-state index contributed by atoms with van der Waals surface area (Å²) in [4.78, 5) is 14.7. The van der Waals surface area contributed by atoms with Crippen molar-refractivity contribution in [2.24, 2.45) is 0 Å². The van der Waals surface area contributed by atoms with Crippen LogP contribution in [0.4, 0.5) is 0 Å². The monoisotopic (exact) mass is 342 g/mol. The first-order valence-electron chi connectivity index (χ1n) is 8.16. The normalized spacial score (nSPS) is 18.2. The number of carbonyl (C=O) groups is 1. The Balaban J connectivity index is 1.64. The number of carbonyl (C=O) groups excluding carboxylic acids is 1. The molecule has 4 rings (SSSR count). The van der Waals surface area contributed by atoms with Crippen molar-refractivity contribution in [1.29, 1.82) is 0 Å². The first-order chi connectivity index (χ1) is 12.1. The van der Waals surface area contributed by atoms with Crippen LogP contribution in [0.2, 0.25) is 0 Å². The van der Waals surface area contributed by atoms with E-state index in [9.17, 15) is 4.79 Å². The summed E-state index contributed by atoms with van der Waals surface area (Å²) in [6.45, 7) is 5.21. The van der Waals surface area contributed by atoms with E-state index < -0.39 is 6.04 Å². The van der Waals surface area contributed by atoms with Gasteiger partial charge in [0, 0.05) is 18.0 Å². The number of rotatable bonds is 3. The van der Waals surface area contributed by atoms with Gasteiger partial charge in [0.1, 0.15) is 17.1 Å². The SMILES string of the molecule is CC(C)c1nnc(C2COCCN2C(=O)c2ccc3n[nH]nc3c2)o1. The largest absolute Gasteiger partial charge is 0.423 e. The van der Waals surface area contributed by atoms with Crippen molar-refractivity contribution < 1.29 is 13.9 Å². The third-order valence-corrected chi connectivity index (χ3v) is 4.19. The number of nitrogens with zero attached hydrogens (tertiary/aromatic N) is 5. The average molecular weight is 342 g/mol. The number of ether oxygens (including phenoxy) is 1. The molecule has 0 radical (unpaired) electrons. The number of fused-ring (bicyclic) bond motifs is 1. The minimum absolute atomic E-state index is 0.123. The van der Waals surface area contributed by atoms with E-state index in [1.54, 1.807) is 23.1 Å². The van der Waals surface area contributed by atoms with Crippen molar-refractivity contribution >= 4 is 16.9 Å². The van der Waals surface area contributed by atoms with Crippen molar-refractivity contribution in [2.75, 3.05) is 19.8 Å². The Bertz CT molecular complexity index is 902. The minimum atomic E-state index is -0.394. The Labute approximate surface area is 143 Å². The van der Waals surface area contributed by atoms with Gasteiger partial charge in [0.15, 0.2) is 0 Å². The summed E-state index contributed by atoms with van der Waals surface area (Å²) in [7, 11) is 0. The van der Waals surface area contributed by atoms with Gasteiger partial charge in [-0.15, -0.1) is 10.2 Å². The van der Waals surface area contributed by atoms with Gasteiger partial charge < -0.3 is 14.1 Å². The highest BCUT2D eigenvalue weighted by Crippen LogP contribution is 2.27. The van der Waals surface area contributed by atoms with Gasteiger partial charge in [0.05, 0.1) is 13.2 Å². The molecule has 1 saturated heterocycles. The van der Waals surface area contributed by atoms with Crippen LogP contribution in [-0.2, 0) is 4.74 Å². The Morgan fingerprint density at radius 1 is 1.28 bits per heavy atom. The summed E-state index contributed by atoms with van der Waals surface area (Å²) in [6, 6.07) is 4.84. The predicted octanol–water partition coefficient (Wildman–Crippen LogP) is 1.68. The Morgan fingerprint density at radius 3 is 2.92 bits per heavy atom. The molecule has 9 nitrogen and oxygen atoms in total. The molecule has 0 spiro atoms. The molecule has 1 aliphatic heterocycles. The standard InChI is InChI=1S/C16H18N6O3/c1-9(2)14-19-20-15(25-14)13-8-24-6-5-22(13)16(23)10-3-4-11-12(7-10)18-21-17-11/h3-4,7,9,13H,5-6,8H2,1-2H3,(H,17,18,21). The van der Waals surface area contributed by atoms with Crippen molar-refractivity contribution in [1.82, 2.24) is 30.5 Å². The molecule has 1 N–H and O–H groups in total. The molecule has 0 aliphatic carbocycles. The maximum absolute atomic E-state index is 13.0. The summed E-state index contributed by atoms with van der Waals surface area (Å²) in [5.74, 6) is 0.961. The number of aromatic amines is 1. The first kappa shape index (κ1) is 15.7. The second-order valence-electron chi connectivity index (χ2n) is 6.25. The molecule has 1 unspecified atom stereocenters. The lowest BCUT2D eigenvalue weighted by molar-refractivity contribution is -0.0107. The van der Waals surface area contributed by atoms with E-state index in [-0.39, 0.29) is 11.8 Å². The molecular weight excluding hydrogens is 324 g/mol. The number of H-pyrrole nitrogens is 1. The van der Waals surface area contributed by atoms with Gasteiger partial charge in [-0.2, -0.15) is 15.4 Å². The van der Waals surface area contributed by atoms with E-state index in [0.717, 1.165) is 0 Å². The Kier molecular flexibility index (Phi) is 3.92. The van der Waals surface area contributed by atoms with Crippen LogP contribution < -0.4 is 0 Å². The van der Waals surface area contributed by atoms with Crippen LogP contribution in [0.5, 0.6) is 0 Å². The zero-order valence-corrected chi connectivity index (χ0v) is 14.0. The Hall–Kier alpha value is -2.81. The molecule has 1 fully saturated rings. The third kappa shape index (κ3) is 2.86. The van der Waals surface area contributed by atoms with Crippen LogP contribution in [0.1, 0.15) is 47.9 Å². The maximum atomic E-state index is 13.0. The lowest BCUT2D eigenvalue weighted by atomic mass is 10.1. The van der Waals surface area contributed by atoms with E-state index >= 15 is 0 Å². The second-order valence-corrected chi connectivity index (χ2v) is 6.25. The van der Waals surface area contributed by atoms with Crippen molar-refractivity contribution in [3.63, 3.8) is 0 Å². The maximum Gasteiger partial charge on any atom is 0.254 e. The molecule has 1 atom stereocenters. The molecule has 0 saturated carbocycles. The molecule has 1 amide bonds. The highest BCUT2D eigenvalue weighted by Gasteiger charge is 2.33. The number of amides is 1. The molecule has 1 aromatic carbocycles. The number of hydrogen-bond acceptors (Lipinski definition) is 7. The summed E-state index contributed by atoms with van der Waals surface area (Å²) in [6.07, 6.45) is 0. The van der Waals surface area contributed by atoms with Crippen LogP contribution in [0, 0.1) is 0 Å². The molecule has 9 heteroatoms. The molecule has 130 valence electrons. The molecule has 2 aromatic heterocycles. The van der Waals surface area contributed by atoms with Crippen LogP contribution in [0.3, 0.4) is 0 Å². The molecule has 25 heavy (non-hydrogen) atoms. The lowest BCUT2D eigenvalue weighted by Gasteiger charge is -2.33. The molecule has 0 bridgehead atoms. The number of hydrogen-bond donors (Lipinski definition) is 1. The zero-order chi connectivity index (χ0) is 17.4. The lowest BCUT2D eigenvalue weighted by Crippen LogP contribution is -2.43. The predicted molar refractivity (Wildman–Crippen MR) is 86.9 cm³/mol. The fraction of sp³-hybridized carbons (Fsp3) is 0.438. The summed E-state index contributed by atoms with van der Waals surface area (Å²) in [5, 5.41) is 18.8. The topological polar surface area (TPSA) is 110 Å². The zero-order valence-electron chi connectivity index (χ0n) is 14.0. The van der Waals surface area contributed by atoms with Crippen LogP contribution in [0.25, 0.3) is 11.0 Å². The van der Waals surface area contributed by atoms with Gasteiger partial charge >= 0.3 is 0 Å². The average Bonchev–Trinajstić information content (AvgIpc) is 3.29. The summed E-state index contributed by atoms with van der Waals surface area (Å²) in [5.41, 5.74) is 1.90. The van der Waals surface area contributed by atoms with E-state index in [1.807, 2.05) is 13.8 Å². The van der Waals surface area contributed by atoms with Gasteiger partial charge in [0.2, 0.25) is 11.8 Å². The second kappa shape index (κ2) is 6.25. The van der Waals surface area contributed by atoms with E-state index in [4.69, 9.17) is 9.15 Å². The van der Waals surface area contributed by atoms with Crippen LogP contribution >= 0.6 is 0 Å². The van der Waals surface area contributed by atoms with Crippen LogP contribution in [0.15, 0.2) is 22.6 Å². The first-order valence-corrected chi connectivity index (χ1v) is 8.16. The van der Waals surface area contributed by atoms with Gasteiger partial charge in [-0.25, -0.2) is 0 Å². The molecular formula is C16H18N6O3. The quantitative estimate of drug-likeness (QED) is 0.771. The molecule has 3 aromatic rings. The fourth-order valence-electron chi connectivity index (χ4n) is 2.80. The van der Waals surface area contributed by atoms with Crippen molar-refractivity contribution in [3.8, 4) is 0 Å². The number of aromatic nitrogens is 5. The highest BCUT2D eigenvalue weighted by molar-refractivity contribution is 5.97. The highest BCUT2D eigenvalue weighted by atomic mass is 16.5. The summed E-state index contributed by atoms with van der Waals surface area (Å²) >= 11 is 0. The van der Waals surface area contributed by atoms with Crippen molar-refractivity contribution in [2.45, 2.75) is 25.8 Å². The van der Waals surface area contributed by atoms with E-state index in [2.05, 4.69) is 25.6 Å². The molecule has 3 heterocycles. The fourth-order valence-corrected chi connectivity index (χ4v) is 2.80. The van der Waals surface area contributed by atoms with Gasteiger partial charge in [-0.05, 0) is 18.2 Å². The third-order valence-electron chi connectivity index (χ3n) is 4.19. The van der Waals surface area contributed by atoms with Gasteiger partial charge in [-0.3, -0.25) is 4.79 Å². The van der Waals surface area contributed by atoms with Crippen molar-refractivity contribution in [3.05, 3.63) is 35.5 Å². The van der Waals surface area contributed by atoms with E-state index in [1.165, 1.54) is 0 Å². The Morgan fingerprint density at radius 2 is 2.12 bits per heavy atom. The summed E-state index contributed by atoms with van der Waals surface area (Å²) < 4.78 is 11.3. The van der Waals surface area contributed by atoms with E-state index in [0.29, 0.717) is 48.1 Å². The van der Waals surface area contributed by atoms with Crippen LogP contribution in [-0.4, -0.2) is 56.2 Å². The number of benzene rings is 1. The minimum Gasteiger partial charge on any atom is -0.423 e. The number of morpholine rings is 1. The van der Waals surface area contributed by atoms with Gasteiger partial charge in [-0.1, -0.05) is 13.8 Å².